The molecule has 0 saturated heterocycles. The van der Waals surface area contributed by atoms with Crippen LogP contribution in [0.25, 0.3) is 16.5 Å². The molecule has 192 valence electrons. The monoisotopic (exact) mass is 646 g/mol. The number of ether oxygens (including phenoxy) is 1. The van der Waals surface area contributed by atoms with Gasteiger partial charge in [0.1, 0.15) is 6.61 Å². The van der Waals surface area contributed by atoms with Gasteiger partial charge in [0.2, 0.25) is 0 Å². The number of ketones is 1. The van der Waals surface area contributed by atoms with Gasteiger partial charge < -0.3 is 10.1 Å². The standard InChI is InChI=1S/C25H24FIN4O3.2ClH/c1-2-31(12-13-34-22-4-3-9-28-24(22)26)11-10-29-25(33)18-6-8-21(32)19-15-16-14-17(27)5-7-20(16)30-23(18)19;;/h3-7,9,14-15H,2,8,10-13H2,1H3,(H,29,33);2*1H. The van der Waals surface area contributed by atoms with Crippen molar-refractivity contribution in [1.29, 1.82) is 0 Å². The minimum atomic E-state index is -0.631. The predicted molar refractivity (Wildman–Crippen MR) is 151 cm³/mol. The van der Waals surface area contributed by atoms with Crippen LogP contribution in [0.15, 0.2) is 48.7 Å². The van der Waals surface area contributed by atoms with E-state index in [1.807, 2.05) is 31.2 Å². The van der Waals surface area contributed by atoms with Crippen molar-refractivity contribution in [2.45, 2.75) is 13.3 Å². The zero-order chi connectivity index (χ0) is 24.1. The van der Waals surface area contributed by atoms with Gasteiger partial charge in [0, 0.05) is 46.8 Å². The molecule has 1 amide bonds. The minimum Gasteiger partial charge on any atom is -0.487 e. The number of carbonyl (C=O) groups excluding carboxylic acids is 2. The molecule has 0 unspecified atom stereocenters. The van der Waals surface area contributed by atoms with Gasteiger partial charge in [0.05, 0.1) is 16.8 Å². The molecule has 0 spiro atoms. The van der Waals surface area contributed by atoms with E-state index < -0.39 is 5.95 Å². The number of allylic oxidation sites excluding steroid dienone is 1. The number of Topliss-reactive ketones (excluding diaryl/α,β-unsaturated/α-hetero) is 1. The molecule has 2 aromatic heterocycles. The van der Waals surface area contributed by atoms with Gasteiger partial charge in [-0.1, -0.05) is 13.0 Å². The number of nitrogens with one attached hydrogen (secondary N) is 1. The fraction of sp³-hybridized carbons (Fsp3) is 0.280. The highest BCUT2D eigenvalue weighted by Crippen LogP contribution is 2.29. The number of benzene rings is 1. The van der Waals surface area contributed by atoms with Crippen molar-refractivity contribution >= 4 is 75.6 Å². The third kappa shape index (κ3) is 7.12. The van der Waals surface area contributed by atoms with Crippen LogP contribution in [0.4, 0.5) is 4.39 Å². The van der Waals surface area contributed by atoms with Crippen molar-refractivity contribution in [3.63, 3.8) is 0 Å². The van der Waals surface area contributed by atoms with Crippen molar-refractivity contribution in [2.24, 2.45) is 0 Å². The van der Waals surface area contributed by atoms with E-state index in [1.54, 1.807) is 12.1 Å². The molecule has 1 aliphatic rings. The minimum absolute atomic E-state index is 0. The molecule has 0 aliphatic heterocycles. The van der Waals surface area contributed by atoms with E-state index >= 15 is 0 Å². The Hall–Kier alpha value is -2.34. The zero-order valence-corrected chi connectivity index (χ0v) is 23.3. The van der Waals surface area contributed by atoms with Crippen LogP contribution in [0.1, 0.15) is 29.4 Å². The molecule has 11 heteroatoms. The highest BCUT2D eigenvalue weighted by molar-refractivity contribution is 14.1. The number of halogens is 4. The number of amides is 1. The summed E-state index contributed by atoms with van der Waals surface area (Å²) in [6, 6.07) is 10.8. The number of fused-ring (bicyclic) bond motifs is 2. The number of hydrogen-bond acceptors (Lipinski definition) is 6. The summed E-state index contributed by atoms with van der Waals surface area (Å²) in [4.78, 5) is 35.7. The van der Waals surface area contributed by atoms with Gasteiger partial charge in [0.15, 0.2) is 11.5 Å². The van der Waals surface area contributed by atoms with E-state index in [1.165, 1.54) is 12.3 Å². The van der Waals surface area contributed by atoms with Crippen LogP contribution in [0, 0.1) is 9.52 Å². The lowest BCUT2D eigenvalue weighted by Gasteiger charge is -2.21. The number of likely N-dealkylation sites (N-methyl/N-ethyl adjacent to an activating group) is 1. The van der Waals surface area contributed by atoms with Crippen molar-refractivity contribution in [2.75, 3.05) is 32.8 Å². The van der Waals surface area contributed by atoms with E-state index in [9.17, 15) is 14.0 Å². The summed E-state index contributed by atoms with van der Waals surface area (Å²) in [5.74, 6) is -0.801. The van der Waals surface area contributed by atoms with Gasteiger partial charge in [-0.05, 0) is 65.5 Å². The lowest BCUT2D eigenvalue weighted by Crippen LogP contribution is -2.37. The Morgan fingerprint density at radius 1 is 1.22 bits per heavy atom. The molecule has 7 nitrogen and oxygen atoms in total. The second-order valence-corrected chi connectivity index (χ2v) is 9.04. The van der Waals surface area contributed by atoms with Crippen molar-refractivity contribution in [3.05, 3.63) is 69.4 Å². The summed E-state index contributed by atoms with van der Waals surface area (Å²) in [5, 5.41) is 3.82. The third-order valence-corrected chi connectivity index (χ3v) is 6.29. The average Bonchev–Trinajstić information content (AvgIpc) is 2.83. The summed E-state index contributed by atoms with van der Waals surface area (Å²) >= 11 is 2.22. The third-order valence-electron chi connectivity index (χ3n) is 5.62. The van der Waals surface area contributed by atoms with E-state index in [2.05, 4.69) is 42.8 Å². The van der Waals surface area contributed by atoms with Gasteiger partial charge in [-0.2, -0.15) is 4.39 Å². The van der Waals surface area contributed by atoms with Crippen molar-refractivity contribution < 1.29 is 18.7 Å². The fourth-order valence-corrected chi connectivity index (χ4v) is 4.30. The quantitative estimate of drug-likeness (QED) is 0.268. The first-order valence-corrected chi connectivity index (χ1v) is 12.1. The Morgan fingerprint density at radius 2 is 2.03 bits per heavy atom. The summed E-state index contributed by atoms with van der Waals surface area (Å²) in [5.41, 5.74) is 2.09. The Bertz CT molecular complexity index is 1280. The van der Waals surface area contributed by atoms with E-state index in [0.717, 1.165) is 21.0 Å². The molecule has 2 heterocycles. The van der Waals surface area contributed by atoms with Crippen LogP contribution >= 0.6 is 47.4 Å². The van der Waals surface area contributed by atoms with E-state index in [-0.39, 0.29) is 48.7 Å². The van der Waals surface area contributed by atoms with Crippen LogP contribution in [0.3, 0.4) is 0 Å². The first kappa shape index (κ1) is 29.9. The highest BCUT2D eigenvalue weighted by atomic mass is 127. The predicted octanol–water partition coefficient (Wildman–Crippen LogP) is 4.70. The lowest BCUT2D eigenvalue weighted by molar-refractivity contribution is -0.115. The Balaban J connectivity index is 0.00000228. The Labute approximate surface area is 234 Å². The second kappa shape index (κ2) is 13.8. The number of hydrogen-bond donors (Lipinski definition) is 1. The van der Waals surface area contributed by atoms with Gasteiger partial charge in [0.25, 0.3) is 11.9 Å². The molecule has 0 bridgehead atoms. The summed E-state index contributed by atoms with van der Waals surface area (Å²) < 4.78 is 20.1. The molecule has 3 aromatic rings. The normalized spacial score (nSPS) is 12.3. The molecule has 0 saturated carbocycles. The number of nitrogens with zero attached hydrogens (tertiary/aromatic N) is 3. The molecule has 4 rings (SSSR count). The van der Waals surface area contributed by atoms with Gasteiger partial charge in [-0.25, -0.2) is 9.97 Å². The molecule has 1 N–H and O–H groups in total. The van der Waals surface area contributed by atoms with Crippen LogP contribution in [-0.2, 0) is 4.79 Å². The van der Waals surface area contributed by atoms with Crippen LogP contribution in [-0.4, -0.2) is 59.3 Å². The van der Waals surface area contributed by atoms with Gasteiger partial charge >= 0.3 is 0 Å². The SMILES string of the molecule is CCN(CCNC(=O)C1=CCC(=O)c2cc3cc(I)ccc3nc21)CCOc1cccnc1F.Cl.Cl. The molecule has 1 aromatic carbocycles. The van der Waals surface area contributed by atoms with Crippen LogP contribution < -0.4 is 10.1 Å². The highest BCUT2D eigenvalue weighted by Gasteiger charge is 2.25. The summed E-state index contributed by atoms with van der Waals surface area (Å²) in [6.45, 7) is 4.66. The first-order valence-electron chi connectivity index (χ1n) is 11.0. The number of carbonyl (C=O) groups is 2. The maximum Gasteiger partial charge on any atom is 0.255 e. The molecule has 1 aliphatic carbocycles. The van der Waals surface area contributed by atoms with Crippen molar-refractivity contribution in [1.82, 2.24) is 20.2 Å². The largest absolute Gasteiger partial charge is 0.487 e. The van der Waals surface area contributed by atoms with Crippen molar-refractivity contribution in [3.8, 4) is 5.75 Å². The second-order valence-electron chi connectivity index (χ2n) is 7.80. The Morgan fingerprint density at radius 3 is 2.78 bits per heavy atom. The average molecular weight is 647 g/mol. The summed E-state index contributed by atoms with van der Waals surface area (Å²) in [6.07, 6.45) is 3.20. The maximum atomic E-state index is 13.6. The Kier molecular flexibility index (Phi) is 11.5. The van der Waals surface area contributed by atoms with Crippen LogP contribution in [0.2, 0.25) is 0 Å². The molecular weight excluding hydrogens is 621 g/mol. The van der Waals surface area contributed by atoms with Gasteiger partial charge in [-0.3, -0.25) is 14.5 Å². The summed E-state index contributed by atoms with van der Waals surface area (Å²) in [7, 11) is 0. The first-order chi connectivity index (χ1) is 16.5. The molecule has 36 heavy (non-hydrogen) atoms. The smallest absolute Gasteiger partial charge is 0.255 e. The maximum absolute atomic E-state index is 13.6. The van der Waals surface area contributed by atoms with Gasteiger partial charge in [-0.15, -0.1) is 24.8 Å². The van der Waals surface area contributed by atoms with Crippen LogP contribution in [0.5, 0.6) is 5.75 Å². The molecule has 0 fully saturated rings. The number of rotatable bonds is 9. The molecule has 0 atom stereocenters. The molecular formula is C25H26Cl2FIN4O3. The fourth-order valence-electron chi connectivity index (χ4n) is 3.78. The van der Waals surface area contributed by atoms with E-state index in [0.29, 0.717) is 43.1 Å². The van der Waals surface area contributed by atoms with E-state index in [4.69, 9.17) is 4.74 Å². The zero-order valence-electron chi connectivity index (χ0n) is 19.5. The molecule has 0 radical (unpaired) electrons. The lowest BCUT2D eigenvalue weighted by atomic mass is 9.92. The number of pyridine rings is 2. The topological polar surface area (TPSA) is 84.4 Å². The number of aromatic nitrogens is 2.